The van der Waals surface area contributed by atoms with Crippen LogP contribution in [0.5, 0.6) is 0 Å². The zero-order valence-corrected chi connectivity index (χ0v) is 14.1. The number of hydrogen-bond donors (Lipinski definition) is 1. The highest BCUT2D eigenvalue weighted by atomic mass is 79.9. The lowest BCUT2D eigenvalue weighted by Gasteiger charge is -2.04. The van der Waals surface area contributed by atoms with Crippen LogP contribution in [-0.2, 0) is 33.0 Å². The fraction of sp³-hybridized carbons (Fsp3) is 0.333. The first-order valence-electron chi connectivity index (χ1n) is 5.42. The number of nitrogens with zero attached hydrogens (tertiary/aromatic N) is 4. The van der Waals surface area contributed by atoms with Gasteiger partial charge in [0.25, 0.3) is 10.0 Å². The largest absolute Gasteiger partial charge is 0.469 e. The molecule has 0 bridgehead atoms. The molecule has 1 N–H and O–H groups in total. The number of sulfonamides is 1. The molecule has 0 fully saturated rings. The van der Waals surface area contributed by atoms with Crippen molar-refractivity contribution in [3.8, 4) is 0 Å². The Morgan fingerprint density at radius 1 is 1.57 bits per heavy atom. The maximum Gasteiger partial charge on any atom is 0.311 e. The first-order valence-corrected chi connectivity index (χ1v) is 8.58. The summed E-state index contributed by atoms with van der Waals surface area (Å²) in [6, 6.07) is 0. The van der Waals surface area contributed by atoms with Crippen LogP contribution in [0.3, 0.4) is 0 Å². The van der Waals surface area contributed by atoms with E-state index in [0.717, 1.165) is 16.0 Å². The van der Waals surface area contributed by atoms with Crippen LogP contribution in [-0.4, -0.2) is 41.5 Å². The molecule has 0 radical (unpaired) electrons. The molecule has 0 spiro atoms. The summed E-state index contributed by atoms with van der Waals surface area (Å²) >= 11 is 4.09. The van der Waals surface area contributed by atoms with E-state index in [9.17, 15) is 13.2 Å². The van der Waals surface area contributed by atoms with Crippen LogP contribution in [0.4, 0.5) is 5.13 Å². The van der Waals surface area contributed by atoms with Gasteiger partial charge < -0.3 is 4.74 Å². The molecule has 12 heteroatoms. The molecule has 21 heavy (non-hydrogen) atoms. The van der Waals surface area contributed by atoms with Gasteiger partial charge in [-0.25, -0.2) is 9.67 Å². The molecule has 0 aliphatic rings. The second-order valence-corrected chi connectivity index (χ2v) is 7.02. The lowest BCUT2D eigenvalue weighted by molar-refractivity contribution is -0.139. The van der Waals surface area contributed by atoms with Gasteiger partial charge in [-0.3, -0.25) is 9.52 Å². The molecule has 0 aliphatic heterocycles. The molecule has 2 aromatic rings. The van der Waals surface area contributed by atoms with Gasteiger partial charge in [-0.15, -0.1) is 16.4 Å². The molecule has 9 nitrogen and oxygen atoms in total. The lowest BCUT2D eigenvalue weighted by atomic mass is 10.3. The predicted octanol–water partition coefficient (Wildman–Crippen LogP) is 0.550. The zero-order valence-electron chi connectivity index (χ0n) is 10.9. The van der Waals surface area contributed by atoms with Crippen LogP contribution in [0.25, 0.3) is 0 Å². The summed E-state index contributed by atoms with van der Waals surface area (Å²) in [5.74, 6) is -0.451. The van der Waals surface area contributed by atoms with Crippen LogP contribution in [0.15, 0.2) is 15.0 Å². The van der Waals surface area contributed by atoms with Crippen LogP contribution < -0.4 is 4.72 Å². The van der Waals surface area contributed by atoms with E-state index in [0.29, 0.717) is 5.69 Å². The third-order valence-electron chi connectivity index (χ3n) is 2.32. The van der Waals surface area contributed by atoms with Gasteiger partial charge in [0, 0.05) is 12.4 Å². The number of anilines is 1. The quantitative estimate of drug-likeness (QED) is 0.734. The minimum absolute atomic E-state index is 0.0221. The number of thiazole rings is 1. The van der Waals surface area contributed by atoms with E-state index in [1.807, 2.05) is 0 Å². The zero-order chi connectivity index (χ0) is 15.6. The third-order valence-corrected chi connectivity index (χ3v) is 5.48. The Balaban J connectivity index is 2.20. The van der Waals surface area contributed by atoms with Crippen molar-refractivity contribution in [3.05, 3.63) is 15.7 Å². The Labute approximate surface area is 132 Å². The van der Waals surface area contributed by atoms with E-state index in [4.69, 9.17) is 0 Å². The van der Waals surface area contributed by atoms with Crippen molar-refractivity contribution >= 4 is 48.4 Å². The molecule has 0 saturated heterocycles. The number of carbonyl (C=O) groups is 1. The molecule has 2 rings (SSSR count). The molecule has 0 aromatic carbocycles. The van der Waals surface area contributed by atoms with E-state index in [1.165, 1.54) is 14.2 Å². The Hall–Kier alpha value is -1.53. The smallest absolute Gasteiger partial charge is 0.311 e. The minimum atomic E-state index is -3.88. The van der Waals surface area contributed by atoms with Crippen molar-refractivity contribution in [2.75, 3.05) is 11.8 Å². The summed E-state index contributed by atoms with van der Waals surface area (Å²) in [5.41, 5.74) is 0.423. The maximum atomic E-state index is 12.2. The van der Waals surface area contributed by atoms with E-state index < -0.39 is 16.0 Å². The number of halogens is 1. The number of nitrogens with one attached hydrogen (secondary N) is 1. The van der Waals surface area contributed by atoms with Crippen LogP contribution in [0.1, 0.15) is 5.69 Å². The topological polar surface area (TPSA) is 116 Å². The Morgan fingerprint density at radius 2 is 2.29 bits per heavy atom. The predicted molar refractivity (Wildman–Crippen MR) is 77.3 cm³/mol. The molecule has 0 saturated carbocycles. The maximum absolute atomic E-state index is 12.2. The first kappa shape index (κ1) is 15.9. The summed E-state index contributed by atoms with van der Waals surface area (Å²) in [5, 5.41) is 8.81. The number of aryl methyl sites for hydroxylation is 1. The van der Waals surface area contributed by atoms with Gasteiger partial charge in [0.15, 0.2) is 9.73 Å². The number of esters is 1. The van der Waals surface area contributed by atoms with Crippen LogP contribution in [0, 0.1) is 0 Å². The minimum Gasteiger partial charge on any atom is -0.469 e. The molecule has 114 valence electrons. The third kappa shape index (κ3) is 3.57. The van der Waals surface area contributed by atoms with E-state index in [1.54, 1.807) is 5.38 Å². The van der Waals surface area contributed by atoms with Crippen molar-refractivity contribution in [2.45, 2.75) is 11.4 Å². The number of carbonyl (C=O) groups excluding carboxylic acids is 1. The van der Waals surface area contributed by atoms with Crippen molar-refractivity contribution in [2.24, 2.45) is 7.05 Å². The van der Waals surface area contributed by atoms with Gasteiger partial charge >= 0.3 is 5.97 Å². The Morgan fingerprint density at radius 3 is 2.86 bits per heavy atom. The second kappa shape index (κ2) is 6.07. The average molecular weight is 396 g/mol. The van der Waals surface area contributed by atoms with E-state index in [2.05, 4.69) is 40.7 Å². The number of aromatic nitrogens is 4. The SMILES string of the molecule is COC(=O)Cc1csc(NS(=O)(=O)c2c(Br)nnn2C)n1. The molecule has 2 heterocycles. The normalized spacial score (nSPS) is 11.4. The van der Waals surface area contributed by atoms with Crippen molar-refractivity contribution in [3.63, 3.8) is 0 Å². The number of ether oxygens (including phenoxy) is 1. The van der Waals surface area contributed by atoms with Gasteiger partial charge in [0.05, 0.1) is 19.2 Å². The van der Waals surface area contributed by atoms with Crippen molar-refractivity contribution in [1.82, 2.24) is 20.0 Å². The Kier molecular flexibility index (Phi) is 4.58. The van der Waals surface area contributed by atoms with E-state index in [-0.39, 0.29) is 21.2 Å². The molecule has 2 aromatic heterocycles. The molecule has 0 unspecified atom stereocenters. The first-order chi connectivity index (χ1) is 9.83. The highest BCUT2D eigenvalue weighted by molar-refractivity contribution is 9.10. The number of methoxy groups -OCH3 is 1. The molecular formula is C9H10BrN5O4S2. The van der Waals surface area contributed by atoms with Gasteiger partial charge in [-0.05, 0) is 15.9 Å². The van der Waals surface area contributed by atoms with E-state index >= 15 is 0 Å². The van der Waals surface area contributed by atoms with Crippen molar-refractivity contribution < 1.29 is 17.9 Å². The molecule has 0 amide bonds. The summed E-state index contributed by atoms with van der Waals surface area (Å²) in [6.07, 6.45) is -0.0221. The summed E-state index contributed by atoms with van der Waals surface area (Å²) in [4.78, 5) is 15.1. The van der Waals surface area contributed by atoms with Crippen molar-refractivity contribution in [1.29, 1.82) is 0 Å². The number of hydrogen-bond acceptors (Lipinski definition) is 8. The summed E-state index contributed by atoms with van der Waals surface area (Å²) < 4.78 is 32.5. The second-order valence-electron chi connectivity index (χ2n) is 3.81. The monoisotopic (exact) mass is 395 g/mol. The van der Waals surface area contributed by atoms with Crippen LogP contribution in [0.2, 0.25) is 0 Å². The van der Waals surface area contributed by atoms with Gasteiger partial charge in [0.2, 0.25) is 5.03 Å². The highest BCUT2D eigenvalue weighted by Gasteiger charge is 2.25. The van der Waals surface area contributed by atoms with Gasteiger partial charge in [-0.2, -0.15) is 8.42 Å². The highest BCUT2D eigenvalue weighted by Crippen LogP contribution is 2.23. The molecule has 0 aliphatic carbocycles. The van der Waals surface area contributed by atoms with Crippen LogP contribution >= 0.6 is 27.3 Å². The average Bonchev–Trinajstić information content (AvgIpc) is 2.96. The molecular weight excluding hydrogens is 386 g/mol. The van der Waals surface area contributed by atoms with Gasteiger partial charge in [-0.1, -0.05) is 5.21 Å². The standard InChI is InChI=1S/C9H10BrN5O4S2/c1-15-8(7(10)12-14-15)21(17,18)13-9-11-5(4-20-9)3-6(16)19-2/h4H,3H2,1-2H3,(H,11,13). The lowest BCUT2D eigenvalue weighted by Crippen LogP contribution is -2.17. The molecule has 0 atom stereocenters. The summed E-state index contributed by atoms with van der Waals surface area (Å²) in [7, 11) is -1.15. The summed E-state index contributed by atoms with van der Waals surface area (Å²) in [6.45, 7) is 0. The van der Waals surface area contributed by atoms with Gasteiger partial charge in [0.1, 0.15) is 0 Å². The Bertz CT molecular complexity index is 749. The fourth-order valence-corrected chi connectivity index (χ4v) is 4.49. The number of rotatable bonds is 5. The fourth-order valence-electron chi connectivity index (χ4n) is 1.43.